The smallest absolute Gasteiger partial charge is 0.322 e. The number of carbonyl (C=O) groups is 1. The van der Waals surface area contributed by atoms with Crippen molar-refractivity contribution in [2.24, 2.45) is 7.05 Å². The summed E-state index contributed by atoms with van der Waals surface area (Å²) >= 11 is 0. The first-order valence-electron chi connectivity index (χ1n) is 8.03. The summed E-state index contributed by atoms with van der Waals surface area (Å²) in [6.07, 6.45) is 3.78. The lowest BCUT2D eigenvalue weighted by Gasteiger charge is -2.07. The van der Waals surface area contributed by atoms with Gasteiger partial charge in [0, 0.05) is 18.8 Å². The minimum atomic E-state index is -0.350. The topological polar surface area (TPSA) is 95.1 Å². The molecule has 0 spiro atoms. The van der Waals surface area contributed by atoms with E-state index in [0.29, 0.717) is 23.6 Å². The maximum absolute atomic E-state index is 12.3. The zero-order valence-corrected chi connectivity index (χ0v) is 14.1. The van der Waals surface area contributed by atoms with Gasteiger partial charge in [0.2, 0.25) is 0 Å². The van der Waals surface area contributed by atoms with Crippen LogP contribution in [0.5, 0.6) is 5.75 Å². The standard InChI is InChI=1S/C17H19N5O3/c1-3-4-10-24-13-7-5-6-12(11-13)15(23)18-17-20-19-16(25-17)14-8-9-22(2)21-14/h5-9,11H,3-4,10H2,1-2H3,(H,18,20,23). The third-order valence-corrected chi connectivity index (χ3v) is 3.44. The molecule has 0 aliphatic heterocycles. The average molecular weight is 341 g/mol. The number of hydrogen-bond acceptors (Lipinski definition) is 6. The number of aromatic nitrogens is 4. The summed E-state index contributed by atoms with van der Waals surface area (Å²) < 4.78 is 12.7. The molecule has 0 saturated heterocycles. The second kappa shape index (κ2) is 7.61. The van der Waals surface area contributed by atoms with Crippen LogP contribution >= 0.6 is 0 Å². The SMILES string of the molecule is CCCCOc1cccc(C(=O)Nc2nnc(-c3ccn(C)n3)o2)c1. The van der Waals surface area contributed by atoms with E-state index >= 15 is 0 Å². The zero-order valence-electron chi connectivity index (χ0n) is 14.1. The van der Waals surface area contributed by atoms with E-state index in [0.717, 1.165) is 12.8 Å². The molecule has 130 valence electrons. The van der Waals surface area contributed by atoms with E-state index in [1.54, 1.807) is 42.2 Å². The second-order valence-corrected chi connectivity index (χ2v) is 5.47. The number of rotatable bonds is 7. The number of carbonyl (C=O) groups excluding carboxylic acids is 1. The van der Waals surface area contributed by atoms with Crippen molar-refractivity contribution in [1.82, 2.24) is 20.0 Å². The predicted octanol–water partition coefficient (Wildman–Crippen LogP) is 2.90. The van der Waals surface area contributed by atoms with Gasteiger partial charge >= 0.3 is 6.01 Å². The third-order valence-electron chi connectivity index (χ3n) is 3.44. The lowest BCUT2D eigenvalue weighted by molar-refractivity contribution is 0.102. The molecule has 0 bridgehead atoms. The number of unbranched alkanes of at least 4 members (excludes halogenated alkanes) is 1. The van der Waals surface area contributed by atoms with Crippen LogP contribution in [0.15, 0.2) is 40.9 Å². The molecule has 1 N–H and O–H groups in total. The van der Waals surface area contributed by atoms with Crippen LogP contribution in [-0.2, 0) is 7.05 Å². The molecule has 1 aromatic carbocycles. The molecule has 0 aliphatic rings. The Morgan fingerprint density at radius 2 is 2.20 bits per heavy atom. The van der Waals surface area contributed by atoms with Crippen LogP contribution in [0.4, 0.5) is 6.01 Å². The average Bonchev–Trinajstić information content (AvgIpc) is 3.24. The summed E-state index contributed by atoms with van der Waals surface area (Å²) in [5, 5.41) is 14.5. The summed E-state index contributed by atoms with van der Waals surface area (Å²) in [4.78, 5) is 12.3. The molecule has 2 heterocycles. The first-order valence-corrected chi connectivity index (χ1v) is 8.03. The van der Waals surface area contributed by atoms with Gasteiger partial charge in [0.25, 0.3) is 11.8 Å². The third kappa shape index (κ3) is 4.23. The highest BCUT2D eigenvalue weighted by molar-refractivity contribution is 6.03. The van der Waals surface area contributed by atoms with E-state index in [-0.39, 0.29) is 17.8 Å². The number of hydrogen-bond donors (Lipinski definition) is 1. The van der Waals surface area contributed by atoms with Gasteiger partial charge in [-0.15, -0.1) is 5.10 Å². The monoisotopic (exact) mass is 341 g/mol. The molecule has 0 fully saturated rings. The Labute approximate surface area is 144 Å². The lowest BCUT2D eigenvalue weighted by atomic mass is 10.2. The Balaban J connectivity index is 1.66. The molecule has 0 aliphatic carbocycles. The fraction of sp³-hybridized carbons (Fsp3) is 0.294. The Bertz CT molecular complexity index is 855. The summed E-state index contributed by atoms with van der Waals surface area (Å²) in [6.45, 7) is 2.72. The molecule has 3 aromatic rings. The molecule has 0 saturated carbocycles. The van der Waals surface area contributed by atoms with Gasteiger partial charge in [-0.2, -0.15) is 5.10 Å². The summed E-state index contributed by atoms with van der Waals surface area (Å²) in [6, 6.07) is 8.72. The molecule has 3 rings (SSSR count). The van der Waals surface area contributed by atoms with Crippen LogP contribution in [-0.4, -0.2) is 32.5 Å². The quantitative estimate of drug-likeness (QED) is 0.664. The van der Waals surface area contributed by atoms with Crippen molar-refractivity contribution in [3.8, 4) is 17.3 Å². The van der Waals surface area contributed by atoms with Crippen molar-refractivity contribution in [1.29, 1.82) is 0 Å². The van der Waals surface area contributed by atoms with Crippen LogP contribution in [0, 0.1) is 0 Å². The van der Waals surface area contributed by atoms with Crippen LogP contribution in [0.3, 0.4) is 0 Å². The number of anilines is 1. The highest BCUT2D eigenvalue weighted by Gasteiger charge is 2.14. The largest absolute Gasteiger partial charge is 0.494 e. The molecule has 25 heavy (non-hydrogen) atoms. The van der Waals surface area contributed by atoms with Gasteiger partial charge in [-0.1, -0.05) is 24.5 Å². The summed E-state index contributed by atoms with van der Waals surface area (Å²) in [5.41, 5.74) is 0.994. The predicted molar refractivity (Wildman–Crippen MR) is 91.3 cm³/mol. The first-order chi connectivity index (χ1) is 12.2. The van der Waals surface area contributed by atoms with Gasteiger partial charge < -0.3 is 9.15 Å². The summed E-state index contributed by atoms with van der Waals surface area (Å²) in [7, 11) is 1.79. The van der Waals surface area contributed by atoms with Crippen LogP contribution in [0.1, 0.15) is 30.1 Å². The van der Waals surface area contributed by atoms with Crippen molar-refractivity contribution in [2.45, 2.75) is 19.8 Å². The molecule has 8 nitrogen and oxygen atoms in total. The van der Waals surface area contributed by atoms with Gasteiger partial charge in [0.05, 0.1) is 6.61 Å². The van der Waals surface area contributed by atoms with E-state index in [2.05, 4.69) is 27.5 Å². The van der Waals surface area contributed by atoms with E-state index in [4.69, 9.17) is 9.15 Å². The number of ether oxygens (including phenoxy) is 1. The van der Waals surface area contributed by atoms with E-state index in [9.17, 15) is 4.79 Å². The minimum absolute atomic E-state index is 0.0166. The molecule has 0 unspecified atom stereocenters. The molecular formula is C17H19N5O3. The van der Waals surface area contributed by atoms with Gasteiger partial charge in [0.15, 0.2) is 0 Å². The second-order valence-electron chi connectivity index (χ2n) is 5.47. The number of benzene rings is 1. The molecule has 1 amide bonds. The highest BCUT2D eigenvalue weighted by Crippen LogP contribution is 2.19. The maximum Gasteiger partial charge on any atom is 0.322 e. The Hall–Kier alpha value is -3.16. The van der Waals surface area contributed by atoms with Crippen molar-refractivity contribution >= 4 is 11.9 Å². The zero-order chi connectivity index (χ0) is 17.6. The Kier molecular flexibility index (Phi) is 5.08. The van der Waals surface area contributed by atoms with Crippen LogP contribution in [0.2, 0.25) is 0 Å². The van der Waals surface area contributed by atoms with Crippen molar-refractivity contribution in [3.63, 3.8) is 0 Å². The van der Waals surface area contributed by atoms with E-state index < -0.39 is 0 Å². The molecule has 0 atom stereocenters. The number of aryl methyl sites for hydroxylation is 1. The van der Waals surface area contributed by atoms with Crippen molar-refractivity contribution < 1.29 is 13.9 Å². The van der Waals surface area contributed by atoms with Crippen LogP contribution < -0.4 is 10.1 Å². The van der Waals surface area contributed by atoms with Crippen molar-refractivity contribution in [3.05, 3.63) is 42.1 Å². The Morgan fingerprint density at radius 1 is 1.32 bits per heavy atom. The summed E-state index contributed by atoms with van der Waals surface area (Å²) in [5.74, 6) is 0.547. The van der Waals surface area contributed by atoms with Crippen LogP contribution in [0.25, 0.3) is 11.6 Å². The molecule has 2 aromatic heterocycles. The number of amides is 1. The van der Waals surface area contributed by atoms with Gasteiger partial charge in [-0.05, 0) is 30.7 Å². The van der Waals surface area contributed by atoms with Gasteiger partial charge in [-0.25, -0.2) is 0 Å². The van der Waals surface area contributed by atoms with Gasteiger partial charge in [0.1, 0.15) is 11.4 Å². The number of nitrogens with zero attached hydrogens (tertiary/aromatic N) is 4. The number of nitrogens with one attached hydrogen (secondary N) is 1. The lowest BCUT2D eigenvalue weighted by Crippen LogP contribution is -2.12. The van der Waals surface area contributed by atoms with Gasteiger partial charge in [-0.3, -0.25) is 14.8 Å². The molecule has 0 radical (unpaired) electrons. The highest BCUT2D eigenvalue weighted by atomic mass is 16.5. The molecular weight excluding hydrogens is 322 g/mol. The first kappa shape index (κ1) is 16.7. The van der Waals surface area contributed by atoms with E-state index in [1.807, 2.05) is 6.07 Å². The minimum Gasteiger partial charge on any atom is -0.494 e. The fourth-order valence-electron chi connectivity index (χ4n) is 2.14. The van der Waals surface area contributed by atoms with Crippen molar-refractivity contribution in [2.75, 3.05) is 11.9 Å². The molecule has 8 heteroatoms. The fourth-order valence-corrected chi connectivity index (χ4v) is 2.14. The normalized spacial score (nSPS) is 10.6. The van der Waals surface area contributed by atoms with E-state index in [1.165, 1.54) is 0 Å². The Morgan fingerprint density at radius 3 is 2.96 bits per heavy atom. The maximum atomic E-state index is 12.3.